The molecule has 0 unspecified atom stereocenters. The smallest absolute Gasteiger partial charge is 0 e. The van der Waals surface area contributed by atoms with E-state index < -0.39 is 0 Å². The van der Waals surface area contributed by atoms with Gasteiger partial charge in [-0.2, -0.15) is 0 Å². The summed E-state index contributed by atoms with van der Waals surface area (Å²) in [6, 6.07) is 0. The van der Waals surface area contributed by atoms with E-state index in [1.165, 1.54) is 29.6 Å². The monoisotopic (exact) mass is 344 g/mol. The van der Waals surface area contributed by atoms with Gasteiger partial charge in [0.1, 0.15) is 0 Å². The van der Waals surface area contributed by atoms with Gasteiger partial charge in [-0.25, -0.2) is 0 Å². The molecular weight excluding hydrogens is 319 g/mol. The molecule has 2 fully saturated rings. The molecule has 107 valence electrons. The summed E-state index contributed by atoms with van der Waals surface area (Å²) >= 11 is 0. The Bertz CT molecular complexity index is 145. The molecule has 0 heterocycles. The second-order valence-electron chi connectivity index (χ2n) is 4.66. The van der Waals surface area contributed by atoms with Crippen LogP contribution >= 0.6 is 0 Å². The van der Waals surface area contributed by atoms with Crippen LogP contribution in [0.15, 0.2) is 0 Å². The average molecular weight is 346 g/mol. The van der Waals surface area contributed by atoms with Crippen LogP contribution in [0, 0.1) is 88.4 Å². The maximum Gasteiger partial charge on any atom is 0 e. The van der Waals surface area contributed by atoms with Gasteiger partial charge in [0.25, 0.3) is 0 Å². The van der Waals surface area contributed by atoms with E-state index in [2.05, 4.69) is 34.6 Å². The molecule has 13 radical (unpaired) electrons. The third-order valence-electron chi connectivity index (χ3n) is 3.70. The predicted molar refractivity (Wildman–Crippen MR) is 85.4 cm³/mol. The van der Waals surface area contributed by atoms with Gasteiger partial charge >= 0.3 is 0 Å². The molecular formula is C19H26Zr-. The largest absolute Gasteiger partial charge is 0.358 e. The van der Waals surface area contributed by atoms with Crippen LogP contribution in [-0.2, 0) is 26.2 Å². The van der Waals surface area contributed by atoms with Crippen molar-refractivity contribution in [2.45, 2.75) is 34.6 Å². The van der Waals surface area contributed by atoms with E-state index in [0.717, 1.165) is 0 Å². The molecule has 0 N–H and O–H groups in total. The molecule has 0 bridgehead atoms. The summed E-state index contributed by atoms with van der Waals surface area (Å²) in [5.41, 5.74) is 0. The fourth-order valence-corrected chi connectivity index (χ4v) is 1.92. The van der Waals surface area contributed by atoms with E-state index in [4.69, 9.17) is 0 Å². The van der Waals surface area contributed by atoms with Crippen LogP contribution in [0.2, 0.25) is 0 Å². The molecule has 2 saturated carbocycles. The van der Waals surface area contributed by atoms with Crippen molar-refractivity contribution >= 4 is 0 Å². The first-order valence-electron chi connectivity index (χ1n) is 6.42. The van der Waals surface area contributed by atoms with Crippen molar-refractivity contribution in [1.29, 1.82) is 0 Å². The van der Waals surface area contributed by atoms with Crippen LogP contribution in [0.4, 0.5) is 0 Å². The molecule has 0 atom stereocenters. The zero-order valence-corrected chi connectivity index (χ0v) is 16.1. The molecule has 2 aliphatic carbocycles. The van der Waals surface area contributed by atoms with Crippen molar-refractivity contribution in [2.75, 3.05) is 0 Å². The van der Waals surface area contributed by atoms with Gasteiger partial charge in [-0.15, -0.1) is 0 Å². The van der Waals surface area contributed by atoms with E-state index in [-0.39, 0.29) is 33.6 Å². The van der Waals surface area contributed by atoms with Crippen LogP contribution in [0.5, 0.6) is 0 Å². The molecule has 2 rings (SSSR count). The molecule has 0 spiro atoms. The molecule has 0 aromatic carbocycles. The molecule has 0 amide bonds. The first-order chi connectivity index (χ1) is 8.55. The minimum Gasteiger partial charge on any atom is -0.358 e. The Balaban J connectivity index is 0. The topological polar surface area (TPSA) is 0 Å². The summed E-state index contributed by atoms with van der Waals surface area (Å²) < 4.78 is 0. The van der Waals surface area contributed by atoms with E-state index >= 15 is 0 Å². The fraction of sp³-hybridized carbons (Fsp3) is 0.263. The minimum absolute atomic E-state index is 0. The quantitative estimate of drug-likeness (QED) is 0.539. The van der Waals surface area contributed by atoms with Crippen molar-refractivity contribution in [2.24, 2.45) is 0 Å². The van der Waals surface area contributed by atoms with Crippen LogP contribution in [0.1, 0.15) is 34.6 Å². The number of hydrogen-bond donors (Lipinski definition) is 0. The molecule has 0 aliphatic heterocycles. The Hall–Kier alpha value is 0.883. The third-order valence-corrected chi connectivity index (χ3v) is 3.70. The predicted octanol–water partition coefficient (Wildman–Crippen LogP) is 5.05. The van der Waals surface area contributed by atoms with Gasteiger partial charge in [0, 0.05) is 26.2 Å². The molecule has 0 aromatic heterocycles. The van der Waals surface area contributed by atoms with E-state index in [9.17, 15) is 0 Å². The Morgan fingerprint density at radius 2 is 0.500 bits per heavy atom. The van der Waals surface area contributed by atoms with Crippen molar-refractivity contribution < 1.29 is 26.2 Å². The van der Waals surface area contributed by atoms with Crippen molar-refractivity contribution in [3.8, 4) is 0 Å². The van der Waals surface area contributed by atoms with E-state index in [1.807, 2.05) is 51.4 Å². The number of hydrogen-bond acceptors (Lipinski definition) is 0. The summed E-state index contributed by atoms with van der Waals surface area (Å²) in [6.07, 6.45) is 16.0. The van der Waals surface area contributed by atoms with Crippen LogP contribution < -0.4 is 0 Å². The minimum atomic E-state index is 0. The summed E-state index contributed by atoms with van der Waals surface area (Å²) in [7, 11) is 0. The fourth-order valence-electron chi connectivity index (χ4n) is 1.92. The van der Waals surface area contributed by atoms with Gasteiger partial charge in [0.05, 0.1) is 0 Å². The Kier molecular flexibility index (Phi) is 14.4. The molecule has 1 heteroatoms. The Morgan fingerprint density at radius 3 is 0.600 bits per heavy atom. The van der Waals surface area contributed by atoms with Crippen molar-refractivity contribution in [1.82, 2.24) is 0 Å². The van der Waals surface area contributed by atoms with Gasteiger partial charge < -0.3 is 7.43 Å². The molecule has 0 aromatic rings. The van der Waals surface area contributed by atoms with Crippen LogP contribution in [0.25, 0.3) is 0 Å². The zero-order chi connectivity index (χ0) is 13.5. The molecule has 20 heavy (non-hydrogen) atoms. The third kappa shape index (κ3) is 7.24. The van der Waals surface area contributed by atoms with Gasteiger partial charge in [-0.05, 0) is 81.0 Å². The second kappa shape index (κ2) is 12.4. The van der Waals surface area contributed by atoms with E-state index in [1.54, 1.807) is 0 Å². The van der Waals surface area contributed by atoms with Gasteiger partial charge in [0.2, 0.25) is 0 Å². The SMILES string of the molecule is C[C]1[C](C)[C](C)[C](C)[C]1C.[CH3-].[CH]1[CH][CH][CH][CH][CH][CH][CH]1.[Zr]. The molecule has 0 saturated heterocycles. The summed E-state index contributed by atoms with van der Waals surface area (Å²) in [4.78, 5) is 0. The van der Waals surface area contributed by atoms with Gasteiger partial charge in [-0.1, -0.05) is 34.6 Å². The zero-order valence-electron chi connectivity index (χ0n) is 13.6. The van der Waals surface area contributed by atoms with Crippen molar-refractivity contribution in [3.05, 3.63) is 88.4 Å². The van der Waals surface area contributed by atoms with Crippen LogP contribution in [-0.4, -0.2) is 0 Å². The normalized spacial score (nSPS) is 23.9. The van der Waals surface area contributed by atoms with Gasteiger partial charge in [-0.3, -0.25) is 0 Å². The summed E-state index contributed by atoms with van der Waals surface area (Å²) in [5.74, 6) is 7.34. The van der Waals surface area contributed by atoms with E-state index in [0.29, 0.717) is 0 Å². The second-order valence-corrected chi connectivity index (χ2v) is 4.66. The molecule has 0 nitrogen and oxygen atoms in total. The summed E-state index contributed by atoms with van der Waals surface area (Å²) in [6.45, 7) is 11.0. The van der Waals surface area contributed by atoms with Crippen LogP contribution in [0.3, 0.4) is 0 Å². The first kappa shape index (κ1) is 23.2. The van der Waals surface area contributed by atoms with Gasteiger partial charge in [0.15, 0.2) is 0 Å². The maximum atomic E-state index is 2.20. The number of rotatable bonds is 0. The standard InChI is InChI=1S/C10H15.C8H8.CH3.Zr/c1-6-7(2)9(4)10(5)8(6)3;1-2-4-6-8-7-5-3-1;;/h1-5H3;1-8H;1H3;/q;;-1;. The average Bonchev–Trinajstić information content (AvgIpc) is 2.48. The van der Waals surface area contributed by atoms with Crippen molar-refractivity contribution in [3.63, 3.8) is 0 Å². The summed E-state index contributed by atoms with van der Waals surface area (Å²) in [5, 5.41) is 0. The maximum absolute atomic E-state index is 2.20. The first-order valence-corrected chi connectivity index (χ1v) is 6.42. The Labute approximate surface area is 149 Å². The Morgan fingerprint density at radius 1 is 0.400 bits per heavy atom. The molecule has 2 aliphatic rings.